The van der Waals surface area contributed by atoms with E-state index in [9.17, 15) is 0 Å². The minimum atomic E-state index is 0.549. The van der Waals surface area contributed by atoms with Crippen molar-refractivity contribution in [3.63, 3.8) is 0 Å². The first kappa shape index (κ1) is 5.34. The van der Waals surface area contributed by atoms with Gasteiger partial charge in [-0.05, 0) is 6.92 Å². The lowest BCUT2D eigenvalue weighted by molar-refractivity contribution is 0.598. The molecule has 0 radical (unpaired) electrons. The van der Waals surface area contributed by atoms with E-state index < -0.39 is 0 Å². The molecule has 10 heavy (non-hydrogen) atoms. The van der Waals surface area contributed by atoms with Gasteiger partial charge in [0, 0.05) is 6.07 Å². The average molecular weight is 135 g/mol. The Morgan fingerprint density at radius 3 is 3.20 bits per heavy atom. The van der Waals surface area contributed by atoms with Gasteiger partial charge in [0.2, 0.25) is 5.71 Å². The number of fused-ring (bicyclic) bond motifs is 1. The summed E-state index contributed by atoms with van der Waals surface area (Å²) in [5.74, 6) is 0.627. The van der Waals surface area contributed by atoms with Gasteiger partial charge in [0.05, 0.1) is 6.26 Å². The Balaban J connectivity index is 2.86. The van der Waals surface area contributed by atoms with Gasteiger partial charge in [-0.2, -0.15) is 4.98 Å². The Labute approximate surface area is 56.9 Å². The first-order chi connectivity index (χ1) is 4.86. The Kier molecular flexibility index (Phi) is 0.943. The lowest BCUT2D eigenvalue weighted by Crippen LogP contribution is -1.89. The van der Waals surface area contributed by atoms with Gasteiger partial charge in [-0.3, -0.25) is 0 Å². The monoisotopic (exact) mass is 135 g/mol. The molecule has 0 aliphatic heterocycles. The van der Waals surface area contributed by atoms with Crippen LogP contribution in [-0.2, 0) is 0 Å². The molecule has 0 aliphatic carbocycles. The van der Waals surface area contributed by atoms with E-state index in [0.717, 1.165) is 0 Å². The Hall–Kier alpha value is -1.45. The van der Waals surface area contributed by atoms with Gasteiger partial charge < -0.3 is 4.42 Å². The number of nitrogens with zero attached hydrogens (tertiary/aromatic N) is 3. The van der Waals surface area contributed by atoms with Crippen molar-refractivity contribution in [2.45, 2.75) is 6.92 Å². The molecule has 0 aliphatic rings. The molecule has 2 aromatic rings. The van der Waals surface area contributed by atoms with Crippen molar-refractivity contribution in [1.82, 2.24) is 15.2 Å². The van der Waals surface area contributed by atoms with Crippen molar-refractivity contribution >= 4 is 11.2 Å². The van der Waals surface area contributed by atoms with Crippen LogP contribution >= 0.6 is 0 Å². The van der Waals surface area contributed by atoms with Gasteiger partial charge in [0.15, 0.2) is 11.3 Å². The molecule has 0 amide bonds. The van der Waals surface area contributed by atoms with E-state index in [0.29, 0.717) is 17.1 Å². The summed E-state index contributed by atoms with van der Waals surface area (Å²) in [7, 11) is 0. The third-order valence-corrected chi connectivity index (χ3v) is 1.19. The Bertz CT molecular complexity index is 355. The van der Waals surface area contributed by atoms with Crippen LogP contribution in [0.25, 0.3) is 11.2 Å². The summed E-state index contributed by atoms with van der Waals surface area (Å²) in [5, 5.41) is 7.59. The summed E-state index contributed by atoms with van der Waals surface area (Å²) < 4.78 is 4.99. The van der Waals surface area contributed by atoms with E-state index in [1.807, 2.05) is 0 Å². The second-order valence-electron chi connectivity index (χ2n) is 1.97. The van der Waals surface area contributed by atoms with Gasteiger partial charge in [-0.25, -0.2) is 0 Å². The molecule has 50 valence electrons. The lowest BCUT2D eigenvalue weighted by atomic mass is 10.5. The second-order valence-corrected chi connectivity index (χ2v) is 1.97. The molecule has 2 rings (SSSR count). The van der Waals surface area contributed by atoms with Crippen molar-refractivity contribution < 1.29 is 4.42 Å². The standard InChI is InChI=1S/C6H5N3O/c1-4-7-6-5(9-8-4)2-3-10-6/h2-3H,1H3. The van der Waals surface area contributed by atoms with Crippen LogP contribution in [0.2, 0.25) is 0 Å². The molecule has 0 atom stereocenters. The van der Waals surface area contributed by atoms with E-state index in [2.05, 4.69) is 15.2 Å². The molecule has 4 heteroatoms. The van der Waals surface area contributed by atoms with Crippen LogP contribution in [0.15, 0.2) is 16.7 Å². The molecule has 0 N–H and O–H groups in total. The fraction of sp³-hybridized carbons (Fsp3) is 0.167. The first-order valence-electron chi connectivity index (χ1n) is 2.91. The largest absolute Gasteiger partial charge is 0.445 e. The Morgan fingerprint density at radius 1 is 1.40 bits per heavy atom. The SMILES string of the molecule is Cc1nnc2ccoc2n1. The zero-order valence-corrected chi connectivity index (χ0v) is 5.40. The molecular formula is C6H5N3O. The summed E-state index contributed by atoms with van der Waals surface area (Å²) in [6, 6.07) is 1.73. The molecule has 2 aromatic heterocycles. The van der Waals surface area contributed by atoms with Gasteiger partial charge in [0.1, 0.15) is 0 Å². The van der Waals surface area contributed by atoms with E-state index in [1.165, 1.54) is 0 Å². The molecule has 0 saturated heterocycles. The van der Waals surface area contributed by atoms with Crippen molar-refractivity contribution in [2.75, 3.05) is 0 Å². The molecule has 0 spiro atoms. The van der Waals surface area contributed by atoms with Crippen molar-refractivity contribution in [2.24, 2.45) is 0 Å². The number of hydrogen-bond donors (Lipinski definition) is 0. The summed E-state index contributed by atoms with van der Waals surface area (Å²) in [4.78, 5) is 4.00. The van der Waals surface area contributed by atoms with Crippen molar-refractivity contribution in [3.05, 3.63) is 18.2 Å². The predicted molar refractivity (Wildman–Crippen MR) is 34.3 cm³/mol. The lowest BCUT2D eigenvalue weighted by Gasteiger charge is -1.85. The van der Waals surface area contributed by atoms with Crippen LogP contribution in [0.5, 0.6) is 0 Å². The summed E-state index contributed by atoms with van der Waals surface area (Å²) >= 11 is 0. The van der Waals surface area contributed by atoms with E-state index in [1.54, 1.807) is 19.3 Å². The third-order valence-electron chi connectivity index (χ3n) is 1.19. The Morgan fingerprint density at radius 2 is 2.30 bits per heavy atom. The first-order valence-corrected chi connectivity index (χ1v) is 2.91. The average Bonchev–Trinajstić information content (AvgIpc) is 2.33. The molecule has 0 aromatic carbocycles. The van der Waals surface area contributed by atoms with E-state index >= 15 is 0 Å². The van der Waals surface area contributed by atoms with Crippen LogP contribution in [0.3, 0.4) is 0 Å². The molecular weight excluding hydrogens is 130 g/mol. The van der Waals surface area contributed by atoms with Crippen LogP contribution in [0, 0.1) is 6.92 Å². The maximum absolute atomic E-state index is 4.99. The van der Waals surface area contributed by atoms with Gasteiger partial charge in [-0.1, -0.05) is 0 Å². The highest BCUT2D eigenvalue weighted by Gasteiger charge is 1.98. The third kappa shape index (κ3) is 0.655. The van der Waals surface area contributed by atoms with E-state index in [4.69, 9.17) is 4.42 Å². The fourth-order valence-electron chi connectivity index (χ4n) is 0.750. The highest BCUT2D eigenvalue weighted by atomic mass is 16.3. The number of aryl methyl sites for hydroxylation is 1. The van der Waals surface area contributed by atoms with Crippen molar-refractivity contribution in [1.29, 1.82) is 0 Å². The number of hydrogen-bond acceptors (Lipinski definition) is 4. The van der Waals surface area contributed by atoms with Crippen LogP contribution in [0.1, 0.15) is 5.82 Å². The van der Waals surface area contributed by atoms with Crippen LogP contribution in [0.4, 0.5) is 0 Å². The molecule has 0 unspecified atom stereocenters. The zero-order chi connectivity index (χ0) is 6.97. The normalized spacial score (nSPS) is 10.5. The van der Waals surface area contributed by atoms with Gasteiger partial charge >= 0.3 is 0 Å². The minimum Gasteiger partial charge on any atom is -0.445 e. The smallest absolute Gasteiger partial charge is 0.248 e. The van der Waals surface area contributed by atoms with Crippen LogP contribution in [-0.4, -0.2) is 15.2 Å². The molecule has 4 nitrogen and oxygen atoms in total. The van der Waals surface area contributed by atoms with Gasteiger partial charge in [-0.15, -0.1) is 10.2 Å². The summed E-state index contributed by atoms with van der Waals surface area (Å²) in [6.07, 6.45) is 1.55. The summed E-state index contributed by atoms with van der Waals surface area (Å²) in [6.45, 7) is 1.77. The molecule has 0 saturated carbocycles. The van der Waals surface area contributed by atoms with E-state index in [-0.39, 0.29) is 0 Å². The molecule has 0 fully saturated rings. The highest BCUT2D eigenvalue weighted by Crippen LogP contribution is 2.06. The maximum atomic E-state index is 4.99. The number of furan rings is 1. The minimum absolute atomic E-state index is 0.549. The molecule has 0 bridgehead atoms. The fourth-order valence-corrected chi connectivity index (χ4v) is 0.750. The van der Waals surface area contributed by atoms with Crippen molar-refractivity contribution in [3.8, 4) is 0 Å². The predicted octanol–water partition coefficient (Wildman–Crippen LogP) is 0.926. The van der Waals surface area contributed by atoms with Crippen LogP contribution < -0.4 is 0 Å². The van der Waals surface area contributed by atoms with Gasteiger partial charge in [0.25, 0.3) is 0 Å². The molecule has 2 heterocycles. The quantitative estimate of drug-likeness (QED) is 0.539. The maximum Gasteiger partial charge on any atom is 0.248 e. The highest BCUT2D eigenvalue weighted by molar-refractivity contribution is 5.66. The summed E-state index contributed by atoms with van der Waals surface area (Å²) in [5.41, 5.74) is 1.25. The second kappa shape index (κ2) is 1.76. The zero-order valence-electron chi connectivity index (χ0n) is 5.40. The number of rotatable bonds is 0. The topological polar surface area (TPSA) is 51.8 Å². The number of aromatic nitrogens is 3.